The Hall–Kier alpha value is -0.450. The van der Waals surface area contributed by atoms with E-state index in [0.717, 1.165) is 30.5 Å². The lowest BCUT2D eigenvalue weighted by atomic mass is 10.2. The molecule has 1 aromatic rings. The Labute approximate surface area is 105 Å². The molecule has 0 atom stereocenters. The molecule has 4 heteroatoms. The second-order valence-corrected chi connectivity index (χ2v) is 4.38. The number of benzene rings is 1. The van der Waals surface area contributed by atoms with Gasteiger partial charge in [0.25, 0.3) is 0 Å². The van der Waals surface area contributed by atoms with Gasteiger partial charge in [0.2, 0.25) is 0 Å². The van der Waals surface area contributed by atoms with Gasteiger partial charge in [0.05, 0.1) is 6.61 Å². The van der Waals surface area contributed by atoms with Gasteiger partial charge in [-0.2, -0.15) is 0 Å². The average molecular weight is 290 g/mol. The Morgan fingerprint density at radius 3 is 2.50 bits per heavy atom. The summed E-state index contributed by atoms with van der Waals surface area (Å²) in [6.45, 7) is 3.39. The van der Waals surface area contributed by atoms with E-state index in [1.807, 2.05) is 12.1 Å². The van der Waals surface area contributed by atoms with Crippen molar-refractivity contribution in [3.05, 3.63) is 35.6 Å². The fourth-order valence-electron chi connectivity index (χ4n) is 1.46. The van der Waals surface area contributed by atoms with E-state index in [1.54, 1.807) is 7.11 Å². The molecule has 1 aromatic carbocycles. The summed E-state index contributed by atoms with van der Waals surface area (Å²) >= 11 is 3.42. The fourth-order valence-corrected chi connectivity index (χ4v) is 1.96. The molecule has 0 aliphatic carbocycles. The van der Waals surface area contributed by atoms with Crippen LogP contribution in [0.2, 0.25) is 0 Å². The van der Waals surface area contributed by atoms with E-state index in [4.69, 9.17) is 4.74 Å². The van der Waals surface area contributed by atoms with E-state index >= 15 is 0 Å². The second-order valence-electron chi connectivity index (χ2n) is 3.58. The highest BCUT2D eigenvalue weighted by molar-refractivity contribution is 9.09. The van der Waals surface area contributed by atoms with Crippen molar-refractivity contribution in [3.8, 4) is 0 Å². The maximum absolute atomic E-state index is 12.7. The number of methoxy groups -OCH3 is 1. The summed E-state index contributed by atoms with van der Waals surface area (Å²) in [7, 11) is 1.70. The SMILES string of the molecule is COCCN(CCBr)Cc1ccc(F)cc1. The Bertz CT molecular complexity index is 292. The molecule has 0 N–H and O–H groups in total. The molecule has 1 rings (SSSR count). The van der Waals surface area contributed by atoms with E-state index in [2.05, 4.69) is 20.8 Å². The highest BCUT2D eigenvalue weighted by Gasteiger charge is 2.04. The van der Waals surface area contributed by atoms with Crippen molar-refractivity contribution in [2.75, 3.05) is 32.1 Å². The minimum absolute atomic E-state index is 0.187. The van der Waals surface area contributed by atoms with Crippen LogP contribution in [-0.4, -0.2) is 37.0 Å². The molecule has 2 nitrogen and oxygen atoms in total. The number of nitrogens with zero attached hydrogens (tertiary/aromatic N) is 1. The lowest BCUT2D eigenvalue weighted by molar-refractivity contribution is 0.148. The number of hydrogen-bond donors (Lipinski definition) is 0. The van der Waals surface area contributed by atoms with Crippen LogP contribution in [0.4, 0.5) is 4.39 Å². The van der Waals surface area contributed by atoms with Crippen LogP contribution >= 0.6 is 15.9 Å². The molecule has 0 heterocycles. The van der Waals surface area contributed by atoms with Gasteiger partial charge in [-0.1, -0.05) is 28.1 Å². The molecule has 0 amide bonds. The van der Waals surface area contributed by atoms with Crippen LogP contribution in [-0.2, 0) is 11.3 Å². The predicted octanol–water partition coefficient (Wildman–Crippen LogP) is 2.67. The number of alkyl halides is 1. The summed E-state index contributed by atoms with van der Waals surface area (Å²) in [6.07, 6.45) is 0. The highest BCUT2D eigenvalue weighted by atomic mass is 79.9. The zero-order chi connectivity index (χ0) is 11.8. The first-order chi connectivity index (χ1) is 7.76. The van der Waals surface area contributed by atoms with Gasteiger partial charge in [-0.3, -0.25) is 4.90 Å². The summed E-state index contributed by atoms with van der Waals surface area (Å²) in [5.74, 6) is -0.187. The van der Waals surface area contributed by atoms with Crippen molar-refractivity contribution in [1.29, 1.82) is 0 Å². The van der Waals surface area contributed by atoms with Crippen LogP contribution < -0.4 is 0 Å². The van der Waals surface area contributed by atoms with Crippen LogP contribution in [0.1, 0.15) is 5.56 Å². The molecular weight excluding hydrogens is 273 g/mol. The van der Waals surface area contributed by atoms with Crippen molar-refractivity contribution in [2.45, 2.75) is 6.54 Å². The number of hydrogen-bond acceptors (Lipinski definition) is 2. The first-order valence-corrected chi connectivity index (χ1v) is 6.40. The molecular formula is C12H17BrFNO. The molecule has 0 spiro atoms. The van der Waals surface area contributed by atoms with Crippen LogP contribution in [0, 0.1) is 5.82 Å². The van der Waals surface area contributed by atoms with Gasteiger partial charge in [0.1, 0.15) is 5.82 Å². The van der Waals surface area contributed by atoms with Crippen LogP contribution in [0.25, 0.3) is 0 Å². The second kappa shape index (κ2) is 7.76. The third-order valence-corrected chi connectivity index (χ3v) is 2.69. The van der Waals surface area contributed by atoms with Gasteiger partial charge in [0.15, 0.2) is 0 Å². The van der Waals surface area contributed by atoms with Crippen LogP contribution in [0.15, 0.2) is 24.3 Å². The van der Waals surface area contributed by atoms with Crippen molar-refractivity contribution < 1.29 is 9.13 Å². The number of ether oxygens (including phenoxy) is 1. The number of halogens is 2. The molecule has 90 valence electrons. The molecule has 0 saturated heterocycles. The lowest BCUT2D eigenvalue weighted by Crippen LogP contribution is -2.28. The monoisotopic (exact) mass is 289 g/mol. The van der Waals surface area contributed by atoms with Crippen molar-refractivity contribution >= 4 is 15.9 Å². The smallest absolute Gasteiger partial charge is 0.123 e. The first kappa shape index (κ1) is 13.6. The molecule has 0 bridgehead atoms. The normalized spacial score (nSPS) is 11.0. The molecule has 0 aliphatic rings. The van der Waals surface area contributed by atoms with Crippen molar-refractivity contribution in [2.24, 2.45) is 0 Å². The van der Waals surface area contributed by atoms with Gasteiger partial charge >= 0.3 is 0 Å². The van der Waals surface area contributed by atoms with E-state index < -0.39 is 0 Å². The highest BCUT2D eigenvalue weighted by Crippen LogP contribution is 2.06. The largest absolute Gasteiger partial charge is 0.383 e. The maximum atomic E-state index is 12.7. The van der Waals surface area contributed by atoms with E-state index in [1.165, 1.54) is 12.1 Å². The summed E-state index contributed by atoms with van der Waals surface area (Å²) in [4.78, 5) is 2.27. The van der Waals surface area contributed by atoms with Gasteiger partial charge in [0, 0.05) is 32.1 Å². The minimum Gasteiger partial charge on any atom is -0.383 e. The average Bonchev–Trinajstić information content (AvgIpc) is 2.29. The minimum atomic E-state index is -0.187. The van der Waals surface area contributed by atoms with Gasteiger partial charge < -0.3 is 4.74 Å². The quantitative estimate of drug-likeness (QED) is 0.716. The first-order valence-electron chi connectivity index (χ1n) is 5.28. The lowest BCUT2D eigenvalue weighted by Gasteiger charge is -2.20. The molecule has 0 unspecified atom stereocenters. The van der Waals surface area contributed by atoms with Crippen LogP contribution in [0.5, 0.6) is 0 Å². The van der Waals surface area contributed by atoms with Gasteiger partial charge in [-0.25, -0.2) is 4.39 Å². The molecule has 0 aromatic heterocycles. The molecule has 0 aliphatic heterocycles. The summed E-state index contributed by atoms with van der Waals surface area (Å²) in [5.41, 5.74) is 1.12. The molecule has 0 fully saturated rings. The topological polar surface area (TPSA) is 12.5 Å². The zero-order valence-corrected chi connectivity index (χ0v) is 11.0. The molecule has 0 saturated carbocycles. The zero-order valence-electron chi connectivity index (χ0n) is 9.46. The standard InChI is InChI=1S/C12H17BrFNO/c1-16-9-8-15(7-6-13)10-11-2-4-12(14)5-3-11/h2-5H,6-10H2,1H3. The maximum Gasteiger partial charge on any atom is 0.123 e. The predicted molar refractivity (Wildman–Crippen MR) is 67.3 cm³/mol. The third kappa shape index (κ3) is 5.05. The Morgan fingerprint density at radius 1 is 1.25 bits per heavy atom. The van der Waals surface area contributed by atoms with E-state index in [-0.39, 0.29) is 5.82 Å². The Morgan fingerprint density at radius 2 is 1.94 bits per heavy atom. The van der Waals surface area contributed by atoms with E-state index in [0.29, 0.717) is 6.61 Å². The van der Waals surface area contributed by atoms with Gasteiger partial charge in [-0.05, 0) is 17.7 Å². The van der Waals surface area contributed by atoms with Gasteiger partial charge in [-0.15, -0.1) is 0 Å². The van der Waals surface area contributed by atoms with Crippen molar-refractivity contribution in [1.82, 2.24) is 4.90 Å². The summed E-state index contributed by atoms with van der Waals surface area (Å²) in [5, 5.41) is 0.928. The van der Waals surface area contributed by atoms with Crippen molar-refractivity contribution in [3.63, 3.8) is 0 Å². The number of rotatable bonds is 7. The molecule has 0 radical (unpaired) electrons. The Kier molecular flexibility index (Phi) is 6.61. The Balaban J connectivity index is 2.49. The van der Waals surface area contributed by atoms with E-state index in [9.17, 15) is 4.39 Å². The van der Waals surface area contributed by atoms with Crippen LogP contribution in [0.3, 0.4) is 0 Å². The summed E-state index contributed by atoms with van der Waals surface area (Å²) in [6, 6.07) is 6.64. The fraction of sp³-hybridized carbons (Fsp3) is 0.500. The summed E-state index contributed by atoms with van der Waals surface area (Å²) < 4.78 is 17.8. The third-order valence-electron chi connectivity index (χ3n) is 2.33. The molecule has 16 heavy (non-hydrogen) atoms.